The van der Waals surface area contributed by atoms with Crippen molar-refractivity contribution in [3.63, 3.8) is 0 Å². The highest BCUT2D eigenvalue weighted by Crippen LogP contribution is 2.16. The Bertz CT molecular complexity index is 966. The highest BCUT2D eigenvalue weighted by molar-refractivity contribution is 5.77. The predicted octanol–water partition coefficient (Wildman–Crippen LogP) is 2.57. The quantitative estimate of drug-likeness (QED) is 0.685. The summed E-state index contributed by atoms with van der Waals surface area (Å²) in [5, 5.41) is 3.46. The van der Waals surface area contributed by atoms with Gasteiger partial charge in [0.1, 0.15) is 11.6 Å². The van der Waals surface area contributed by atoms with Crippen molar-refractivity contribution < 1.29 is 9.53 Å². The van der Waals surface area contributed by atoms with E-state index in [-0.39, 0.29) is 11.5 Å². The number of nitrogens with zero attached hydrogens (tertiary/aromatic N) is 1. The van der Waals surface area contributed by atoms with E-state index in [2.05, 4.69) is 15.3 Å². The number of nitrogens with one attached hydrogen (secondary N) is 2. The molecule has 0 aliphatic carbocycles. The lowest BCUT2D eigenvalue weighted by Gasteiger charge is -2.09. The summed E-state index contributed by atoms with van der Waals surface area (Å²) < 4.78 is 5.27. The Morgan fingerprint density at radius 2 is 1.92 bits per heavy atom. The Morgan fingerprint density at radius 1 is 1.15 bits per heavy atom. The van der Waals surface area contributed by atoms with Crippen molar-refractivity contribution in [3.8, 4) is 5.75 Å². The molecule has 2 N–H and O–H groups in total. The molecule has 2 aromatic carbocycles. The van der Waals surface area contributed by atoms with Gasteiger partial charge in [-0.1, -0.05) is 30.3 Å². The summed E-state index contributed by atoms with van der Waals surface area (Å²) >= 11 is 0. The van der Waals surface area contributed by atoms with Crippen LogP contribution in [-0.4, -0.2) is 23.0 Å². The largest absolute Gasteiger partial charge is 0.496 e. The second kappa shape index (κ2) is 8.29. The van der Waals surface area contributed by atoms with Gasteiger partial charge in [-0.15, -0.1) is 0 Å². The smallest absolute Gasteiger partial charge is 0.258 e. The Kier molecular flexibility index (Phi) is 5.63. The molecule has 0 atom stereocenters. The number of ether oxygens (including phenoxy) is 1. The Balaban J connectivity index is 1.52. The highest BCUT2D eigenvalue weighted by Gasteiger charge is 2.07. The number of fused-ring (bicyclic) bond motifs is 1. The van der Waals surface area contributed by atoms with Crippen molar-refractivity contribution in [2.75, 3.05) is 7.11 Å². The van der Waals surface area contributed by atoms with Crippen LogP contribution in [0.3, 0.4) is 0 Å². The third-order valence-electron chi connectivity index (χ3n) is 4.15. The predicted molar refractivity (Wildman–Crippen MR) is 100 cm³/mol. The van der Waals surface area contributed by atoms with Gasteiger partial charge in [0.2, 0.25) is 5.91 Å². The minimum absolute atomic E-state index is 0.0426. The second-order valence-electron chi connectivity index (χ2n) is 5.97. The molecule has 0 bridgehead atoms. The summed E-state index contributed by atoms with van der Waals surface area (Å²) in [7, 11) is 1.61. The second-order valence-corrected chi connectivity index (χ2v) is 5.97. The molecule has 0 radical (unpaired) electrons. The zero-order valence-corrected chi connectivity index (χ0v) is 14.6. The minimum Gasteiger partial charge on any atom is -0.496 e. The fourth-order valence-electron chi connectivity index (χ4n) is 2.80. The van der Waals surface area contributed by atoms with E-state index in [1.807, 2.05) is 42.5 Å². The molecule has 1 amide bonds. The van der Waals surface area contributed by atoms with Crippen LogP contribution >= 0.6 is 0 Å². The van der Waals surface area contributed by atoms with Crippen molar-refractivity contribution in [1.82, 2.24) is 15.3 Å². The fourth-order valence-corrected chi connectivity index (χ4v) is 2.80. The first-order valence-corrected chi connectivity index (χ1v) is 8.54. The highest BCUT2D eigenvalue weighted by atomic mass is 16.5. The summed E-state index contributed by atoms with van der Waals surface area (Å²) in [5.41, 5.74) is 1.46. The number of rotatable bonds is 7. The number of hydrogen-bond acceptors (Lipinski definition) is 4. The monoisotopic (exact) mass is 351 g/mol. The first-order chi connectivity index (χ1) is 12.7. The molecular formula is C20H21N3O3. The van der Waals surface area contributed by atoms with Gasteiger partial charge in [-0.3, -0.25) is 9.59 Å². The summed E-state index contributed by atoms with van der Waals surface area (Å²) in [6.07, 6.45) is 1.52. The standard InChI is InChI=1S/C20H21N3O3/c1-26-17-10-5-2-7-14(17)13-21-19(24)12-6-11-18-22-16-9-4-3-8-15(16)20(25)23-18/h2-5,7-10H,6,11-13H2,1H3,(H,21,24)(H,22,23,25). The van der Waals surface area contributed by atoms with Crippen molar-refractivity contribution in [2.45, 2.75) is 25.8 Å². The van der Waals surface area contributed by atoms with Crippen LogP contribution in [0, 0.1) is 0 Å². The molecule has 6 heteroatoms. The molecule has 0 saturated carbocycles. The van der Waals surface area contributed by atoms with Crippen molar-refractivity contribution in [3.05, 3.63) is 70.3 Å². The summed E-state index contributed by atoms with van der Waals surface area (Å²) in [4.78, 5) is 31.3. The number of carbonyl (C=O) groups is 1. The van der Waals surface area contributed by atoms with Gasteiger partial charge in [-0.2, -0.15) is 0 Å². The lowest BCUT2D eigenvalue weighted by molar-refractivity contribution is -0.121. The van der Waals surface area contributed by atoms with Crippen LogP contribution in [0.15, 0.2) is 53.3 Å². The van der Waals surface area contributed by atoms with Gasteiger partial charge in [0.05, 0.1) is 18.0 Å². The van der Waals surface area contributed by atoms with Gasteiger partial charge >= 0.3 is 0 Å². The van der Waals surface area contributed by atoms with Crippen molar-refractivity contribution in [2.24, 2.45) is 0 Å². The Hall–Kier alpha value is -3.15. The van der Waals surface area contributed by atoms with E-state index in [1.54, 1.807) is 13.2 Å². The normalized spacial score (nSPS) is 10.7. The van der Waals surface area contributed by atoms with Gasteiger partial charge in [-0.25, -0.2) is 4.98 Å². The van der Waals surface area contributed by atoms with Crippen molar-refractivity contribution in [1.29, 1.82) is 0 Å². The van der Waals surface area contributed by atoms with Crippen LogP contribution in [0.5, 0.6) is 5.75 Å². The van der Waals surface area contributed by atoms with Crippen LogP contribution < -0.4 is 15.6 Å². The lowest BCUT2D eigenvalue weighted by atomic mass is 10.2. The first-order valence-electron chi connectivity index (χ1n) is 8.54. The van der Waals surface area contributed by atoms with E-state index < -0.39 is 0 Å². The molecule has 1 heterocycles. The van der Waals surface area contributed by atoms with Crippen molar-refractivity contribution >= 4 is 16.8 Å². The molecule has 0 aliphatic heterocycles. The average molecular weight is 351 g/mol. The number of hydrogen-bond donors (Lipinski definition) is 2. The maximum Gasteiger partial charge on any atom is 0.258 e. The third kappa shape index (κ3) is 4.27. The van der Waals surface area contributed by atoms with Gasteiger partial charge in [0.15, 0.2) is 0 Å². The Labute approximate surface area is 151 Å². The SMILES string of the molecule is COc1ccccc1CNC(=O)CCCc1nc2ccccc2c(=O)[nH]1. The van der Waals surface area contributed by atoms with Crippen LogP contribution in [0.2, 0.25) is 0 Å². The van der Waals surface area contributed by atoms with Gasteiger partial charge in [-0.05, 0) is 24.6 Å². The minimum atomic E-state index is -0.147. The number of carbonyl (C=O) groups excluding carboxylic acids is 1. The van der Waals surface area contributed by atoms with Crippen LogP contribution in [-0.2, 0) is 17.8 Å². The molecule has 0 saturated heterocycles. The maximum absolute atomic E-state index is 12.0. The number of para-hydroxylation sites is 2. The van der Waals surface area contributed by atoms with E-state index in [0.29, 0.717) is 42.5 Å². The van der Waals surface area contributed by atoms with Crippen LogP contribution in [0.25, 0.3) is 10.9 Å². The topological polar surface area (TPSA) is 84.1 Å². The van der Waals surface area contributed by atoms with E-state index >= 15 is 0 Å². The molecular weight excluding hydrogens is 330 g/mol. The van der Waals surface area contributed by atoms with Gasteiger partial charge in [0, 0.05) is 24.9 Å². The fraction of sp³-hybridized carbons (Fsp3) is 0.250. The molecule has 0 fully saturated rings. The third-order valence-corrected chi connectivity index (χ3v) is 4.15. The molecule has 0 spiro atoms. The molecule has 1 aromatic heterocycles. The maximum atomic E-state index is 12.0. The molecule has 3 rings (SSSR count). The number of amides is 1. The average Bonchev–Trinajstić information content (AvgIpc) is 2.66. The lowest BCUT2D eigenvalue weighted by Crippen LogP contribution is -2.23. The van der Waals surface area contributed by atoms with E-state index in [4.69, 9.17) is 4.74 Å². The molecule has 0 aliphatic rings. The number of aryl methyl sites for hydroxylation is 1. The number of benzene rings is 2. The van der Waals surface area contributed by atoms with Gasteiger partial charge in [0.25, 0.3) is 5.56 Å². The number of H-pyrrole nitrogens is 1. The van der Waals surface area contributed by atoms with Crippen LogP contribution in [0.4, 0.5) is 0 Å². The summed E-state index contributed by atoms with van der Waals surface area (Å²) in [6.45, 7) is 0.425. The molecule has 134 valence electrons. The summed E-state index contributed by atoms with van der Waals surface area (Å²) in [5.74, 6) is 1.32. The molecule has 0 unspecified atom stereocenters. The number of aromatic nitrogens is 2. The number of aromatic amines is 1. The number of methoxy groups -OCH3 is 1. The van der Waals surface area contributed by atoms with E-state index in [0.717, 1.165) is 11.3 Å². The first kappa shape index (κ1) is 17.7. The zero-order valence-electron chi connectivity index (χ0n) is 14.6. The summed E-state index contributed by atoms with van der Waals surface area (Å²) in [6, 6.07) is 14.8. The molecule has 3 aromatic rings. The molecule has 6 nitrogen and oxygen atoms in total. The van der Waals surface area contributed by atoms with Gasteiger partial charge < -0.3 is 15.0 Å². The Morgan fingerprint density at radius 3 is 2.77 bits per heavy atom. The molecule has 26 heavy (non-hydrogen) atoms. The van der Waals surface area contributed by atoms with Crippen LogP contribution in [0.1, 0.15) is 24.2 Å². The van der Waals surface area contributed by atoms with E-state index in [1.165, 1.54) is 0 Å². The van der Waals surface area contributed by atoms with E-state index in [9.17, 15) is 9.59 Å². The zero-order chi connectivity index (χ0) is 18.4.